The molecule has 0 bridgehead atoms. The molecule has 1 aliphatic carbocycles. The molecule has 1 fully saturated rings. The summed E-state index contributed by atoms with van der Waals surface area (Å²) in [5.74, 6) is -1.21. The summed E-state index contributed by atoms with van der Waals surface area (Å²) in [5, 5.41) is 5.97. The number of amides is 3. The Bertz CT molecular complexity index is 1360. The van der Waals surface area contributed by atoms with Crippen LogP contribution >= 0.6 is 0 Å². The molecule has 0 radical (unpaired) electrons. The third-order valence-electron chi connectivity index (χ3n) is 7.06. The number of aryl methyl sites for hydroxylation is 1. The molecule has 2 aliphatic rings. The first kappa shape index (κ1) is 23.5. The van der Waals surface area contributed by atoms with Crippen LogP contribution < -0.4 is 10.4 Å². The number of para-hydroxylation sites is 1. The van der Waals surface area contributed by atoms with Crippen molar-refractivity contribution in [1.82, 2.24) is 20.1 Å². The highest BCUT2D eigenvalue weighted by Gasteiger charge is 2.42. The van der Waals surface area contributed by atoms with E-state index in [0.717, 1.165) is 22.6 Å². The highest BCUT2D eigenvalue weighted by atomic mass is 16.2. The molecule has 1 N–H and O–H groups in total. The van der Waals surface area contributed by atoms with E-state index in [9.17, 15) is 14.4 Å². The number of nitrogens with one attached hydrogen (secondary N) is 1. The molecule has 184 valence electrons. The van der Waals surface area contributed by atoms with Crippen molar-refractivity contribution in [1.29, 1.82) is 0 Å². The van der Waals surface area contributed by atoms with Crippen LogP contribution in [-0.2, 0) is 16.1 Å². The van der Waals surface area contributed by atoms with Gasteiger partial charge in [0.05, 0.1) is 28.9 Å². The number of anilines is 1. The van der Waals surface area contributed by atoms with Gasteiger partial charge in [0, 0.05) is 30.4 Å². The lowest BCUT2D eigenvalue weighted by Gasteiger charge is -2.38. The van der Waals surface area contributed by atoms with Gasteiger partial charge in [-0.1, -0.05) is 36.4 Å². The largest absolute Gasteiger partial charge is 0.337 e. The van der Waals surface area contributed by atoms with Crippen LogP contribution in [0.2, 0.25) is 0 Å². The fourth-order valence-electron chi connectivity index (χ4n) is 5.01. The monoisotopic (exact) mass is 483 g/mol. The van der Waals surface area contributed by atoms with Gasteiger partial charge in [0.2, 0.25) is 11.8 Å². The zero-order valence-corrected chi connectivity index (χ0v) is 20.6. The number of hydrogen-bond acceptors (Lipinski definition) is 4. The number of nitrogens with zero attached hydrogens (tertiary/aromatic N) is 4. The van der Waals surface area contributed by atoms with Crippen LogP contribution in [0, 0.1) is 25.7 Å². The van der Waals surface area contributed by atoms with Crippen LogP contribution in [0.4, 0.5) is 5.69 Å². The average Bonchev–Trinajstić information content (AvgIpc) is 3.19. The van der Waals surface area contributed by atoms with E-state index in [4.69, 9.17) is 0 Å². The standard InChI is InChI=1S/C28H29N5O3/c1-18-25(19(2)32(29-18)21-11-5-4-6-12-21)17-31(3)27(35)20-10-9-13-22(16-20)33-28(36)24-15-8-7-14-23(24)26(34)30-33/h4-13,16,23-24H,14-15,17H2,1-3H3,(H,30,34). The summed E-state index contributed by atoms with van der Waals surface area (Å²) in [6.45, 7) is 4.34. The minimum Gasteiger partial charge on any atom is -0.337 e. The summed E-state index contributed by atoms with van der Waals surface area (Å²) in [4.78, 5) is 40.8. The molecule has 2 atom stereocenters. The number of hydrazine groups is 1. The Kier molecular flexibility index (Phi) is 6.18. The SMILES string of the molecule is Cc1nn(-c2ccccc2)c(C)c1CN(C)C(=O)c1cccc(N2NC(=O)C3CC=CCC3C2=O)c1. The Labute approximate surface area is 210 Å². The molecule has 8 heteroatoms. The molecule has 3 amide bonds. The Hall–Kier alpha value is -4.20. The van der Waals surface area contributed by atoms with E-state index in [1.807, 2.05) is 61.0 Å². The minimum absolute atomic E-state index is 0.151. The lowest BCUT2D eigenvalue weighted by molar-refractivity contribution is -0.139. The third-order valence-corrected chi connectivity index (χ3v) is 7.06. The van der Waals surface area contributed by atoms with Gasteiger partial charge in [-0.2, -0.15) is 5.10 Å². The van der Waals surface area contributed by atoms with Crippen molar-refractivity contribution in [2.24, 2.45) is 11.8 Å². The van der Waals surface area contributed by atoms with Crippen LogP contribution in [0.5, 0.6) is 0 Å². The normalized spacial score (nSPS) is 19.1. The van der Waals surface area contributed by atoms with E-state index in [0.29, 0.717) is 30.6 Å². The highest BCUT2D eigenvalue weighted by Crippen LogP contribution is 2.32. The molecule has 2 aromatic carbocycles. The number of rotatable bonds is 5. The Morgan fingerprint density at radius 1 is 1.00 bits per heavy atom. The number of carbonyl (C=O) groups excluding carboxylic acids is 3. The first-order chi connectivity index (χ1) is 17.3. The predicted octanol–water partition coefficient (Wildman–Crippen LogP) is 3.72. The van der Waals surface area contributed by atoms with Crippen molar-refractivity contribution >= 4 is 23.4 Å². The summed E-state index contributed by atoms with van der Waals surface area (Å²) < 4.78 is 1.89. The van der Waals surface area contributed by atoms with E-state index in [1.54, 1.807) is 36.2 Å². The lowest BCUT2D eigenvalue weighted by Crippen LogP contribution is -2.59. The third kappa shape index (κ3) is 4.19. The van der Waals surface area contributed by atoms with Crippen molar-refractivity contribution in [2.45, 2.75) is 33.2 Å². The van der Waals surface area contributed by atoms with Gasteiger partial charge in [0.15, 0.2) is 0 Å². The zero-order valence-electron chi connectivity index (χ0n) is 20.6. The van der Waals surface area contributed by atoms with Crippen LogP contribution in [-0.4, -0.2) is 39.4 Å². The van der Waals surface area contributed by atoms with Crippen LogP contribution in [0.1, 0.15) is 40.2 Å². The highest BCUT2D eigenvalue weighted by molar-refractivity contribution is 6.05. The van der Waals surface area contributed by atoms with E-state index in [1.165, 1.54) is 5.01 Å². The molecule has 0 saturated carbocycles. The fraction of sp³-hybridized carbons (Fsp3) is 0.286. The van der Waals surface area contributed by atoms with Gasteiger partial charge in [0.1, 0.15) is 0 Å². The maximum Gasteiger partial charge on any atom is 0.253 e. The molecular weight excluding hydrogens is 454 g/mol. The molecule has 3 aromatic rings. The Morgan fingerprint density at radius 3 is 2.44 bits per heavy atom. The van der Waals surface area contributed by atoms with Crippen LogP contribution in [0.3, 0.4) is 0 Å². The maximum absolute atomic E-state index is 13.4. The molecule has 1 aliphatic heterocycles. The predicted molar refractivity (Wildman–Crippen MR) is 136 cm³/mol. The number of hydrogen-bond donors (Lipinski definition) is 1. The first-order valence-electron chi connectivity index (χ1n) is 12.1. The Balaban J connectivity index is 1.35. The second-order valence-electron chi connectivity index (χ2n) is 9.41. The van der Waals surface area contributed by atoms with Gasteiger partial charge in [0.25, 0.3) is 5.91 Å². The summed E-state index contributed by atoms with van der Waals surface area (Å²) in [5.41, 5.74) is 7.43. The molecule has 0 spiro atoms. The topological polar surface area (TPSA) is 87.5 Å². The molecular formula is C28H29N5O3. The van der Waals surface area contributed by atoms with Gasteiger partial charge in [-0.05, 0) is 57.0 Å². The van der Waals surface area contributed by atoms with Gasteiger partial charge in [-0.3, -0.25) is 19.8 Å². The van der Waals surface area contributed by atoms with Gasteiger partial charge >= 0.3 is 0 Å². The number of aromatic nitrogens is 2. The van der Waals surface area contributed by atoms with Crippen LogP contribution in [0.25, 0.3) is 5.69 Å². The molecule has 2 heterocycles. The number of fused-ring (bicyclic) bond motifs is 1. The van der Waals surface area contributed by atoms with Crippen molar-refractivity contribution in [2.75, 3.05) is 12.1 Å². The zero-order chi connectivity index (χ0) is 25.4. The smallest absolute Gasteiger partial charge is 0.253 e. The summed E-state index contributed by atoms with van der Waals surface area (Å²) in [7, 11) is 1.75. The summed E-state index contributed by atoms with van der Waals surface area (Å²) in [6.07, 6.45) is 5.02. The molecule has 1 aromatic heterocycles. The summed E-state index contributed by atoms with van der Waals surface area (Å²) in [6, 6.07) is 16.7. The van der Waals surface area contributed by atoms with Crippen molar-refractivity contribution in [3.63, 3.8) is 0 Å². The van der Waals surface area contributed by atoms with Crippen LogP contribution in [0.15, 0.2) is 66.7 Å². The van der Waals surface area contributed by atoms with Crippen molar-refractivity contribution < 1.29 is 14.4 Å². The molecule has 1 saturated heterocycles. The number of benzene rings is 2. The van der Waals surface area contributed by atoms with Crippen molar-refractivity contribution in [3.05, 3.63) is 89.3 Å². The number of carbonyl (C=O) groups is 3. The lowest BCUT2D eigenvalue weighted by atomic mass is 9.80. The first-order valence-corrected chi connectivity index (χ1v) is 12.1. The van der Waals surface area contributed by atoms with E-state index in [-0.39, 0.29) is 29.6 Å². The fourth-order valence-corrected chi connectivity index (χ4v) is 5.01. The molecule has 5 rings (SSSR count). The Morgan fingerprint density at radius 2 is 1.69 bits per heavy atom. The number of allylic oxidation sites excluding steroid dienone is 2. The molecule has 2 unspecified atom stereocenters. The van der Waals surface area contributed by atoms with Gasteiger partial charge in [-0.15, -0.1) is 0 Å². The van der Waals surface area contributed by atoms with E-state index < -0.39 is 0 Å². The minimum atomic E-state index is -0.377. The second-order valence-corrected chi connectivity index (χ2v) is 9.41. The van der Waals surface area contributed by atoms with Crippen molar-refractivity contribution in [3.8, 4) is 5.69 Å². The van der Waals surface area contributed by atoms with Gasteiger partial charge in [-0.25, -0.2) is 9.69 Å². The molecule has 36 heavy (non-hydrogen) atoms. The van der Waals surface area contributed by atoms with E-state index >= 15 is 0 Å². The van der Waals surface area contributed by atoms with Gasteiger partial charge < -0.3 is 4.90 Å². The second kappa shape index (κ2) is 9.45. The maximum atomic E-state index is 13.4. The van der Waals surface area contributed by atoms with E-state index in [2.05, 4.69) is 10.5 Å². The quantitative estimate of drug-likeness (QED) is 0.561. The summed E-state index contributed by atoms with van der Waals surface area (Å²) >= 11 is 0. The average molecular weight is 484 g/mol. The molecule has 8 nitrogen and oxygen atoms in total.